The summed E-state index contributed by atoms with van der Waals surface area (Å²) in [5.41, 5.74) is 0. The van der Waals surface area contributed by atoms with Crippen LogP contribution in [0.25, 0.3) is 0 Å². The number of hydrogen-bond acceptors (Lipinski definition) is 3. The van der Waals surface area contributed by atoms with Crippen LogP contribution in [0.4, 0.5) is 0 Å². The molecule has 0 aromatic carbocycles. The summed E-state index contributed by atoms with van der Waals surface area (Å²) in [5, 5.41) is 6.62. The standard InChI is InChI=1S/C9H22ClN2OP/c1-5-9(12-8(3)4)14(10)11-7-13-6-2/h8-9,11-12H,5-7H2,1-4H3. The summed E-state index contributed by atoms with van der Waals surface area (Å²) in [5.74, 6) is 0.354. The van der Waals surface area contributed by atoms with Crippen LogP contribution < -0.4 is 10.4 Å². The minimum Gasteiger partial charge on any atom is -0.366 e. The Morgan fingerprint density at radius 2 is 2.00 bits per heavy atom. The molecule has 5 heteroatoms. The SMILES string of the molecule is CCOCNP(Cl)C(CC)NC(C)C. The van der Waals surface area contributed by atoms with E-state index in [4.69, 9.17) is 16.0 Å². The van der Waals surface area contributed by atoms with E-state index < -0.39 is 7.43 Å². The minimum atomic E-state index is -0.702. The lowest BCUT2D eigenvalue weighted by atomic mass is 10.3. The van der Waals surface area contributed by atoms with Crippen molar-refractivity contribution in [3.8, 4) is 0 Å². The fraction of sp³-hybridized carbons (Fsp3) is 1.00. The highest BCUT2D eigenvalue weighted by molar-refractivity contribution is 7.82. The summed E-state index contributed by atoms with van der Waals surface area (Å²) >= 11 is 6.24. The zero-order valence-electron chi connectivity index (χ0n) is 9.51. The molecule has 0 saturated carbocycles. The first-order chi connectivity index (χ1) is 6.61. The Hall–Kier alpha value is 0.600. The molecule has 2 N–H and O–H groups in total. The molecule has 14 heavy (non-hydrogen) atoms. The maximum absolute atomic E-state index is 6.24. The molecule has 0 bridgehead atoms. The van der Waals surface area contributed by atoms with Crippen LogP contribution in [-0.4, -0.2) is 25.2 Å². The molecule has 2 atom stereocenters. The molecule has 0 radical (unpaired) electrons. The van der Waals surface area contributed by atoms with E-state index >= 15 is 0 Å². The van der Waals surface area contributed by atoms with Crippen molar-refractivity contribution in [3.63, 3.8) is 0 Å². The van der Waals surface area contributed by atoms with Crippen molar-refractivity contribution in [1.29, 1.82) is 0 Å². The van der Waals surface area contributed by atoms with E-state index in [2.05, 4.69) is 31.2 Å². The smallest absolute Gasteiger partial charge is 0.101 e. The van der Waals surface area contributed by atoms with Gasteiger partial charge < -0.3 is 10.1 Å². The molecule has 0 aromatic rings. The van der Waals surface area contributed by atoms with Gasteiger partial charge in [0.2, 0.25) is 0 Å². The van der Waals surface area contributed by atoms with Crippen LogP contribution in [0.15, 0.2) is 0 Å². The second-order valence-corrected chi connectivity index (χ2v) is 6.01. The number of ether oxygens (including phenoxy) is 1. The zero-order valence-corrected chi connectivity index (χ0v) is 11.2. The quantitative estimate of drug-likeness (QED) is 0.389. The first-order valence-electron chi connectivity index (χ1n) is 5.14. The van der Waals surface area contributed by atoms with Gasteiger partial charge in [0.1, 0.15) is 6.73 Å². The van der Waals surface area contributed by atoms with Gasteiger partial charge in [-0.2, -0.15) is 0 Å². The van der Waals surface area contributed by atoms with Crippen molar-refractivity contribution < 1.29 is 4.74 Å². The first kappa shape index (κ1) is 14.6. The second kappa shape index (κ2) is 8.87. The van der Waals surface area contributed by atoms with E-state index in [1.807, 2.05) is 6.92 Å². The molecule has 0 heterocycles. The van der Waals surface area contributed by atoms with Crippen molar-refractivity contribution >= 4 is 18.7 Å². The third-order valence-electron chi connectivity index (χ3n) is 1.71. The Bertz CT molecular complexity index is 138. The first-order valence-corrected chi connectivity index (χ1v) is 7.45. The highest BCUT2D eigenvalue weighted by Crippen LogP contribution is 2.42. The molecule has 0 aliphatic carbocycles. The predicted molar refractivity (Wildman–Crippen MR) is 64.8 cm³/mol. The fourth-order valence-electron chi connectivity index (χ4n) is 1.05. The van der Waals surface area contributed by atoms with E-state index in [1.54, 1.807) is 0 Å². The number of halogens is 1. The summed E-state index contributed by atoms with van der Waals surface area (Å²) < 4.78 is 5.20. The van der Waals surface area contributed by atoms with Crippen molar-refractivity contribution in [1.82, 2.24) is 10.4 Å². The number of rotatable bonds is 8. The van der Waals surface area contributed by atoms with Gasteiger partial charge in [-0.1, -0.05) is 32.0 Å². The fourth-order valence-corrected chi connectivity index (χ4v) is 2.96. The molecule has 0 aliphatic heterocycles. The van der Waals surface area contributed by atoms with Crippen LogP contribution >= 0.6 is 18.7 Å². The van der Waals surface area contributed by atoms with Crippen LogP contribution in [-0.2, 0) is 4.74 Å². The van der Waals surface area contributed by atoms with Crippen LogP contribution in [0.1, 0.15) is 34.1 Å². The van der Waals surface area contributed by atoms with Gasteiger partial charge in [0.25, 0.3) is 0 Å². The molecule has 0 amide bonds. The van der Waals surface area contributed by atoms with Crippen molar-refractivity contribution in [2.75, 3.05) is 13.3 Å². The monoisotopic (exact) mass is 240 g/mol. The lowest BCUT2D eigenvalue weighted by Crippen LogP contribution is -2.34. The van der Waals surface area contributed by atoms with Crippen molar-refractivity contribution in [2.24, 2.45) is 0 Å². The number of nitrogens with one attached hydrogen (secondary N) is 2. The van der Waals surface area contributed by atoms with E-state index in [1.165, 1.54) is 0 Å². The van der Waals surface area contributed by atoms with Crippen LogP contribution in [0.3, 0.4) is 0 Å². The molecule has 0 aliphatic rings. The average Bonchev–Trinajstić information content (AvgIpc) is 2.14. The molecule has 0 aromatic heterocycles. The van der Waals surface area contributed by atoms with Gasteiger partial charge in [-0.15, -0.1) is 0 Å². The van der Waals surface area contributed by atoms with E-state index in [0.717, 1.165) is 13.0 Å². The predicted octanol–water partition coefficient (Wildman–Crippen LogP) is 2.85. The van der Waals surface area contributed by atoms with Crippen LogP contribution in [0, 0.1) is 0 Å². The van der Waals surface area contributed by atoms with Crippen LogP contribution in [0.2, 0.25) is 0 Å². The zero-order chi connectivity index (χ0) is 11.0. The van der Waals surface area contributed by atoms with Gasteiger partial charge >= 0.3 is 0 Å². The highest BCUT2D eigenvalue weighted by atomic mass is 35.7. The van der Waals surface area contributed by atoms with Gasteiger partial charge in [0, 0.05) is 12.6 Å². The average molecular weight is 241 g/mol. The summed E-state index contributed by atoms with van der Waals surface area (Å²) in [6.45, 7) is 9.64. The van der Waals surface area contributed by atoms with Crippen molar-refractivity contribution in [2.45, 2.75) is 45.9 Å². The Balaban J connectivity index is 3.73. The summed E-state index contributed by atoms with van der Waals surface area (Å²) in [6.07, 6.45) is 1.03. The normalized spacial score (nSPS) is 15.9. The van der Waals surface area contributed by atoms with E-state index in [0.29, 0.717) is 18.6 Å². The lowest BCUT2D eigenvalue weighted by Gasteiger charge is -2.24. The maximum Gasteiger partial charge on any atom is 0.101 e. The van der Waals surface area contributed by atoms with Gasteiger partial charge in [0.05, 0.1) is 13.2 Å². The maximum atomic E-state index is 6.24. The highest BCUT2D eigenvalue weighted by Gasteiger charge is 2.17. The Morgan fingerprint density at radius 1 is 1.36 bits per heavy atom. The topological polar surface area (TPSA) is 33.3 Å². The van der Waals surface area contributed by atoms with Gasteiger partial charge in [-0.3, -0.25) is 5.09 Å². The third-order valence-corrected chi connectivity index (χ3v) is 4.27. The molecule has 3 nitrogen and oxygen atoms in total. The molecule has 0 fully saturated rings. The number of hydrogen-bond donors (Lipinski definition) is 2. The van der Waals surface area contributed by atoms with Crippen molar-refractivity contribution in [3.05, 3.63) is 0 Å². The molecule has 0 saturated heterocycles. The Morgan fingerprint density at radius 3 is 2.43 bits per heavy atom. The molecule has 0 spiro atoms. The van der Waals surface area contributed by atoms with E-state index in [9.17, 15) is 0 Å². The molecule has 86 valence electrons. The molecule has 0 rings (SSSR count). The second-order valence-electron chi connectivity index (χ2n) is 3.35. The van der Waals surface area contributed by atoms with E-state index in [-0.39, 0.29) is 0 Å². The molecular formula is C9H22ClN2OP. The summed E-state index contributed by atoms with van der Waals surface area (Å²) in [6, 6.07) is 0.470. The summed E-state index contributed by atoms with van der Waals surface area (Å²) in [7, 11) is -0.702. The molecular weight excluding hydrogens is 219 g/mol. The summed E-state index contributed by atoms with van der Waals surface area (Å²) in [4.78, 5) is 0. The Kier molecular flexibility index (Phi) is 9.25. The minimum absolute atomic E-state index is 0.354. The third kappa shape index (κ3) is 6.97. The largest absolute Gasteiger partial charge is 0.366 e. The lowest BCUT2D eigenvalue weighted by molar-refractivity contribution is 0.145. The van der Waals surface area contributed by atoms with Crippen LogP contribution in [0.5, 0.6) is 0 Å². The Labute approximate surface area is 93.5 Å². The van der Waals surface area contributed by atoms with Gasteiger partial charge in [-0.25, -0.2) is 0 Å². The van der Waals surface area contributed by atoms with Gasteiger partial charge in [0.15, 0.2) is 0 Å². The molecule has 2 unspecified atom stereocenters. The van der Waals surface area contributed by atoms with Gasteiger partial charge in [-0.05, 0) is 13.3 Å².